The van der Waals surface area contributed by atoms with Gasteiger partial charge in [0, 0.05) is 16.1 Å². The quantitative estimate of drug-likeness (QED) is 0.634. The molecule has 0 aromatic heterocycles. The molecule has 0 aliphatic rings. The Morgan fingerprint density at radius 1 is 0.786 bits per heavy atom. The van der Waals surface area contributed by atoms with E-state index in [4.69, 9.17) is 16.3 Å². The van der Waals surface area contributed by atoms with Crippen molar-refractivity contribution in [2.75, 3.05) is 0 Å². The predicted octanol–water partition coefficient (Wildman–Crippen LogP) is 4.30. The fourth-order valence-electron chi connectivity index (χ4n) is 2.41. The molecule has 142 valence electrons. The zero-order valence-corrected chi connectivity index (χ0v) is 16.0. The number of aryl methyl sites for hydroxylation is 1. The molecule has 0 fully saturated rings. The summed E-state index contributed by atoms with van der Waals surface area (Å²) in [4.78, 5) is 24.2. The maximum Gasteiger partial charge on any atom is 0.269 e. The second-order valence-corrected chi connectivity index (χ2v) is 6.65. The molecule has 0 heterocycles. The highest BCUT2D eigenvalue weighted by Gasteiger charge is 2.09. The number of carbonyl (C=O) groups is 2. The molecule has 0 unspecified atom stereocenters. The lowest BCUT2D eigenvalue weighted by Crippen LogP contribution is -2.41. The number of ether oxygens (including phenoxy) is 1. The fourth-order valence-corrected chi connectivity index (χ4v) is 2.54. The van der Waals surface area contributed by atoms with Crippen LogP contribution < -0.4 is 15.6 Å². The van der Waals surface area contributed by atoms with Gasteiger partial charge in [0.2, 0.25) is 0 Å². The molecule has 0 aliphatic carbocycles. The molecule has 0 saturated heterocycles. The summed E-state index contributed by atoms with van der Waals surface area (Å²) in [7, 11) is 0. The standard InChI is InChI=1S/C22H19ClN2O3/c1-15-2-6-17(7-3-15)21(26)24-25-22(27)18-8-4-16(5-9-18)14-28-20-12-10-19(23)11-13-20/h2-13H,14H2,1H3,(H,24,26)(H,25,27). The van der Waals surface area contributed by atoms with Crippen LogP contribution in [-0.4, -0.2) is 11.8 Å². The summed E-state index contributed by atoms with van der Waals surface area (Å²) in [5, 5.41) is 0.650. The van der Waals surface area contributed by atoms with Gasteiger partial charge in [0.25, 0.3) is 11.8 Å². The molecule has 0 spiro atoms. The number of rotatable bonds is 5. The topological polar surface area (TPSA) is 67.4 Å². The predicted molar refractivity (Wildman–Crippen MR) is 108 cm³/mol. The summed E-state index contributed by atoms with van der Waals surface area (Å²) in [6.07, 6.45) is 0. The van der Waals surface area contributed by atoms with Crippen molar-refractivity contribution in [3.05, 3.63) is 100 Å². The number of nitrogens with one attached hydrogen (secondary N) is 2. The minimum atomic E-state index is -0.398. The van der Waals surface area contributed by atoms with E-state index in [0.717, 1.165) is 11.1 Å². The Kier molecular flexibility index (Phi) is 6.29. The molecular weight excluding hydrogens is 376 g/mol. The Hall–Kier alpha value is -3.31. The fraction of sp³-hybridized carbons (Fsp3) is 0.0909. The van der Waals surface area contributed by atoms with Gasteiger partial charge in [0.1, 0.15) is 12.4 Å². The minimum Gasteiger partial charge on any atom is -0.489 e. The monoisotopic (exact) mass is 394 g/mol. The second kappa shape index (κ2) is 9.06. The smallest absolute Gasteiger partial charge is 0.269 e. The Labute approximate surface area is 168 Å². The van der Waals surface area contributed by atoms with Crippen LogP contribution >= 0.6 is 11.6 Å². The van der Waals surface area contributed by atoms with Crippen molar-refractivity contribution in [3.8, 4) is 5.75 Å². The lowest BCUT2D eigenvalue weighted by Gasteiger charge is -2.09. The molecule has 28 heavy (non-hydrogen) atoms. The van der Waals surface area contributed by atoms with E-state index >= 15 is 0 Å². The van der Waals surface area contributed by atoms with Crippen LogP contribution in [0.2, 0.25) is 5.02 Å². The van der Waals surface area contributed by atoms with Gasteiger partial charge < -0.3 is 4.74 Å². The zero-order valence-electron chi connectivity index (χ0n) is 15.2. The maximum atomic E-state index is 12.2. The van der Waals surface area contributed by atoms with Gasteiger partial charge in [-0.15, -0.1) is 0 Å². The van der Waals surface area contributed by atoms with Gasteiger partial charge in [0.15, 0.2) is 0 Å². The van der Waals surface area contributed by atoms with Crippen LogP contribution in [0.1, 0.15) is 31.8 Å². The lowest BCUT2D eigenvalue weighted by atomic mass is 10.1. The van der Waals surface area contributed by atoms with E-state index in [9.17, 15) is 9.59 Å². The Bertz CT molecular complexity index is 953. The summed E-state index contributed by atoms with van der Waals surface area (Å²) in [5.74, 6) is -0.0583. The molecular formula is C22H19ClN2O3. The largest absolute Gasteiger partial charge is 0.489 e. The number of hydrogen-bond donors (Lipinski definition) is 2. The molecule has 0 atom stereocenters. The van der Waals surface area contributed by atoms with Gasteiger partial charge in [-0.1, -0.05) is 41.4 Å². The minimum absolute atomic E-state index is 0.369. The lowest BCUT2D eigenvalue weighted by molar-refractivity contribution is 0.0846. The first kappa shape index (κ1) is 19.5. The first-order chi connectivity index (χ1) is 13.5. The zero-order chi connectivity index (χ0) is 19.9. The highest BCUT2D eigenvalue weighted by molar-refractivity contribution is 6.30. The number of amides is 2. The van der Waals surface area contributed by atoms with Crippen molar-refractivity contribution < 1.29 is 14.3 Å². The molecule has 2 N–H and O–H groups in total. The molecule has 5 nitrogen and oxygen atoms in total. The maximum absolute atomic E-state index is 12.2. The molecule has 0 saturated carbocycles. The van der Waals surface area contributed by atoms with Gasteiger partial charge in [-0.3, -0.25) is 20.4 Å². The van der Waals surface area contributed by atoms with E-state index in [1.807, 2.05) is 19.1 Å². The summed E-state index contributed by atoms with van der Waals surface area (Å²) in [6, 6.07) is 21.1. The molecule has 6 heteroatoms. The average Bonchev–Trinajstić information content (AvgIpc) is 2.72. The number of hydrogen-bond acceptors (Lipinski definition) is 3. The van der Waals surface area contributed by atoms with Crippen LogP contribution in [0.25, 0.3) is 0 Å². The molecule has 3 aromatic carbocycles. The average molecular weight is 395 g/mol. The number of hydrazine groups is 1. The Balaban J connectivity index is 1.51. The van der Waals surface area contributed by atoms with Gasteiger partial charge in [-0.25, -0.2) is 0 Å². The van der Waals surface area contributed by atoms with Gasteiger partial charge >= 0.3 is 0 Å². The van der Waals surface area contributed by atoms with Crippen molar-refractivity contribution in [3.63, 3.8) is 0 Å². The highest BCUT2D eigenvalue weighted by atomic mass is 35.5. The third-order valence-corrected chi connectivity index (χ3v) is 4.29. The second-order valence-electron chi connectivity index (χ2n) is 6.21. The van der Waals surface area contributed by atoms with Crippen LogP contribution in [0.3, 0.4) is 0 Å². The van der Waals surface area contributed by atoms with Crippen molar-refractivity contribution >= 4 is 23.4 Å². The molecule has 3 aromatic rings. The Morgan fingerprint density at radius 2 is 1.29 bits per heavy atom. The molecule has 2 amide bonds. The van der Waals surface area contributed by atoms with E-state index in [1.165, 1.54) is 0 Å². The Morgan fingerprint density at radius 3 is 1.82 bits per heavy atom. The highest BCUT2D eigenvalue weighted by Crippen LogP contribution is 2.17. The summed E-state index contributed by atoms with van der Waals surface area (Å²) < 4.78 is 5.67. The van der Waals surface area contributed by atoms with Crippen LogP contribution in [0, 0.1) is 6.92 Å². The van der Waals surface area contributed by atoms with Crippen molar-refractivity contribution in [2.24, 2.45) is 0 Å². The van der Waals surface area contributed by atoms with Gasteiger partial charge in [-0.05, 0) is 61.0 Å². The number of benzene rings is 3. The van der Waals surface area contributed by atoms with Crippen molar-refractivity contribution in [1.29, 1.82) is 0 Å². The van der Waals surface area contributed by atoms with Crippen LogP contribution in [0.4, 0.5) is 0 Å². The van der Waals surface area contributed by atoms with Crippen molar-refractivity contribution in [1.82, 2.24) is 10.9 Å². The third-order valence-electron chi connectivity index (χ3n) is 4.04. The first-order valence-corrected chi connectivity index (χ1v) is 9.04. The van der Waals surface area contributed by atoms with E-state index < -0.39 is 5.91 Å². The van der Waals surface area contributed by atoms with Crippen molar-refractivity contribution in [2.45, 2.75) is 13.5 Å². The summed E-state index contributed by atoms with van der Waals surface area (Å²) in [6.45, 7) is 2.31. The first-order valence-electron chi connectivity index (χ1n) is 8.66. The van der Waals surface area contributed by atoms with E-state index in [2.05, 4.69) is 10.9 Å². The van der Waals surface area contributed by atoms with Crippen LogP contribution in [-0.2, 0) is 6.61 Å². The van der Waals surface area contributed by atoms with E-state index in [-0.39, 0.29) is 5.91 Å². The molecule has 0 radical (unpaired) electrons. The molecule has 3 rings (SSSR count). The van der Waals surface area contributed by atoms with E-state index in [0.29, 0.717) is 28.5 Å². The third kappa shape index (κ3) is 5.34. The van der Waals surface area contributed by atoms with Crippen LogP contribution in [0.15, 0.2) is 72.8 Å². The van der Waals surface area contributed by atoms with Gasteiger partial charge in [-0.2, -0.15) is 0 Å². The number of carbonyl (C=O) groups excluding carboxylic acids is 2. The number of halogens is 1. The van der Waals surface area contributed by atoms with Crippen LogP contribution in [0.5, 0.6) is 5.75 Å². The van der Waals surface area contributed by atoms with Gasteiger partial charge in [0.05, 0.1) is 0 Å². The summed E-state index contributed by atoms with van der Waals surface area (Å²) >= 11 is 5.84. The normalized spacial score (nSPS) is 10.2. The molecule has 0 aliphatic heterocycles. The molecule has 0 bridgehead atoms. The van der Waals surface area contributed by atoms with E-state index in [1.54, 1.807) is 60.7 Å². The summed E-state index contributed by atoms with van der Waals surface area (Å²) in [5.41, 5.74) is 7.69. The SMILES string of the molecule is Cc1ccc(C(=O)NNC(=O)c2ccc(COc3ccc(Cl)cc3)cc2)cc1.